The van der Waals surface area contributed by atoms with Gasteiger partial charge in [-0.25, -0.2) is 4.98 Å². The zero-order valence-electron chi connectivity index (χ0n) is 16.4. The Kier molecular flexibility index (Phi) is 5.22. The smallest absolute Gasteiger partial charge is 0.387 e. The van der Waals surface area contributed by atoms with Crippen molar-refractivity contribution >= 4 is 16.9 Å². The number of fused-ring (bicyclic) bond motifs is 1. The normalized spacial score (nSPS) is 16.9. The van der Waals surface area contributed by atoms with Gasteiger partial charge in [0.1, 0.15) is 11.6 Å². The van der Waals surface area contributed by atoms with Gasteiger partial charge in [0.2, 0.25) is 0 Å². The van der Waals surface area contributed by atoms with E-state index in [9.17, 15) is 13.6 Å². The van der Waals surface area contributed by atoms with Gasteiger partial charge in [-0.1, -0.05) is 12.1 Å². The van der Waals surface area contributed by atoms with E-state index in [2.05, 4.69) is 29.2 Å². The van der Waals surface area contributed by atoms with Crippen LogP contribution in [0, 0.1) is 0 Å². The molecule has 1 aliphatic heterocycles. The van der Waals surface area contributed by atoms with Crippen LogP contribution in [0.4, 0.5) is 8.78 Å². The highest BCUT2D eigenvalue weighted by Crippen LogP contribution is 2.36. The Morgan fingerprint density at radius 2 is 1.86 bits per heavy atom. The fourth-order valence-corrected chi connectivity index (χ4v) is 4.06. The van der Waals surface area contributed by atoms with Crippen LogP contribution in [-0.2, 0) is 0 Å². The van der Waals surface area contributed by atoms with Crippen LogP contribution in [0.1, 0.15) is 55.0 Å². The lowest BCUT2D eigenvalue weighted by atomic mass is 10.1. The van der Waals surface area contributed by atoms with E-state index in [0.29, 0.717) is 12.1 Å². The Labute approximate surface area is 167 Å². The molecule has 0 saturated carbocycles. The van der Waals surface area contributed by atoms with E-state index in [-0.39, 0.29) is 23.7 Å². The molecule has 1 saturated heterocycles. The van der Waals surface area contributed by atoms with E-state index in [4.69, 9.17) is 4.98 Å². The van der Waals surface area contributed by atoms with E-state index in [1.165, 1.54) is 24.3 Å². The van der Waals surface area contributed by atoms with Crippen LogP contribution < -0.4 is 4.74 Å². The molecule has 2 aromatic carbocycles. The Balaban J connectivity index is 1.65. The van der Waals surface area contributed by atoms with Crippen LogP contribution in [0.25, 0.3) is 11.0 Å². The standard InChI is InChI=1S/C22H23F2N3O2/c1-14(2)27-18-7-4-3-6-17(18)25-20(27)19-8-5-13-26(19)21(28)15-9-11-16(12-10-15)29-22(23)24/h3-4,6-7,9-12,14,19,22H,5,8,13H2,1-2H3/t19-/m0/s1. The second-order valence-electron chi connectivity index (χ2n) is 7.48. The van der Waals surface area contributed by atoms with E-state index < -0.39 is 6.61 Å². The summed E-state index contributed by atoms with van der Waals surface area (Å²) in [5, 5.41) is 0. The van der Waals surface area contributed by atoms with Gasteiger partial charge in [0.25, 0.3) is 5.91 Å². The van der Waals surface area contributed by atoms with E-state index in [1.807, 2.05) is 23.1 Å². The number of carbonyl (C=O) groups excluding carboxylic acids is 1. The Bertz CT molecular complexity index is 1010. The fraction of sp³-hybridized carbons (Fsp3) is 0.364. The fourth-order valence-electron chi connectivity index (χ4n) is 4.06. The highest BCUT2D eigenvalue weighted by Gasteiger charge is 2.34. The number of alkyl halides is 2. The third-order valence-corrected chi connectivity index (χ3v) is 5.28. The molecule has 0 aliphatic carbocycles. The van der Waals surface area contributed by atoms with Crippen molar-refractivity contribution < 1.29 is 18.3 Å². The number of carbonyl (C=O) groups is 1. The minimum Gasteiger partial charge on any atom is -0.435 e. The lowest BCUT2D eigenvalue weighted by molar-refractivity contribution is -0.0498. The van der Waals surface area contributed by atoms with Crippen molar-refractivity contribution in [2.45, 2.75) is 45.4 Å². The van der Waals surface area contributed by atoms with Gasteiger partial charge in [0, 0.05) is 18.2 Å². The highest BCUT2D eigenvalue weighted by atomic mass is 19.3. The molecule has 29 heavy (non-hydrogen) atoms. The Morgan fingerprint density at radius 3 is 2.55 bits per heavy atom. The average Bonchev–Trinajstić information content (AvgIpc) is 3.32. The molecule has 1 aliphatic rings. The first-order chi connectivity index (χ1) is 14.0. The van der Waals surface area contributed by atoms with Crippen molar-refractivity contribution in [1.29, 1.82) is 0 Å². The van der Waals surface area contributed by atoms with Gasteiger partial charge in [-0.05, 0) is 63.1 Å². The number of para-hydroxylation sites is 2. The van der Waals surface area contributed by atoms with Gasteiger partial charge in [-0.15, -0.1) is 0 Å². The first-order valence-electron chi connectivity index (χ1n) is 9.78. The van der Waals surface area contributed by atoms with Crippen molar-refractivity contribution in [3.63, 3.8) is 0 Å². The van der Waals surface area contributed by atoms with Crippen molar-refractivity contribution in [3.05, 3.63) is 59.9 Å². The lowest BCUT2D eigenvalue weighted by Crippen LogP contribution is -2.32. The van der Waals surface area contributed by atoms with Crippen molar-refractivity contribution in [2.75, 3.05) is 6.54 Å². The monoisotopic (exact) mass is 399 g/mol. The van der Waals surface area contributed by atoms with Gasteiger partial charge >= 0.3 is 6.61 Å². The van der Waals surface area contributed by atoms with Crippen LogP contribution in [0.15, 0.2) is 48.5 Å². The SMILES string of the molecule is CC(C)n1c([C@@H]2CCCN2C(=O)c2ccc(OC(F)F)cc2)nc2ccccc21. The third kappa shape index (κ3) is 3.69. The van der Waals surface area contributed by atoms with Gasteiger partial charge < -0.3 is 14.2 Å². The number of aromatic nitrogens is 2. The molecule has 0 unspecified atom stereocenters. The molecule has 7 heteroatoms. The summed E-state index contributed by atoms with van der Waals surface area (Å²) in [6.45, 7) is 1.98. The summed E-state index contributed by atoms with van der Waals surface area (Å²) >= 11 is 0. The van der Waals surface area contributed by atoms with Crippen molar-refractivity contribution in [2.24, 2.45) is 0 Å². The van der Waals surface area contributed by atoms with E-state index >= 15 is 0 Å². The zero-order chi connectivity index (χ0) is 20.5. The molecule has 1 atom stereocenters. The molecule has 0 spiro atoms. The summed E-state index contributed by atoms with van der Waals surface area (Å²) in [5.74, 6) is 0.805. The van der Waals surface area contributed by atoms with Gasteiger partial charge in [0.15, 0.2) is 0 Å². The lowest BCUT2D eigenvalue weighted by Gasteiger charge is -2.26. The summed E-state index contributed by atoms with van der Waals surface area (Å²) in [6.07, 6.45) is 1.73. The molecule has 0 radical (unpaired) electrons. The predicted octanol–water partition coefficient (Wildman–Crippen LogP) is 5.20. The Hall–Kier alpha value is -2.96. The number of imidazole rings is 1. The molecule has 1 fully saturated rings. The molecular formula is C22H23F2N3O2. The average molecular weight is 399 g/mol. The van der Waals surface area contributed by atoms with E-state index in [0.717, 1.165) is 29.7 Å². The third-order valence-electron chi connectivity index (χ3n) is 5.28. The summed E-state index contributed by atoms with van der Waals surface area (Å²) in [4.78, 5) is 19.9. The number of amides is 1. The maximum atomic E-state index is 13.2. The maximum Gasteiger partial charge on any atom is 0.387 e. The van der Waals surface area contributed by atoms with Crippen molar-refractivity contribution in [1.82, 2.24) is 14.5 Å². The number of halogens is 2. The van der Waals surface area contributed by atoms with Crippen molar-refractivity contribution in [3.8, 4) is 5.75 Å². The molecule has 1 amide bonds. The number of benzene rings is 2. The summed E-state index contributed by atoms with van der Waals surface area (Å²) < 4.78 is 31.3. The van der Waals surface area contributed by atoms with Crippen LogP contribution in [0.5, 0.6) is 5.75 Å². The molecule has 2 heterocycles. The minimum atomic E-state index is -2.89. The minimum absolute atomic E-state index is 0.0381. The number of hydrogen-bond acceptors (Lipinski definition) is 3. The number of ether oxygens (including phenoxy) is 1. The first kappa shape index (κ1) is 19.4. The molecule has 0 N–H and O–H groups in total. The van der Waals surface area contributed by atoms with Crippen LogP contribution in [0.3, 0.4) is 0 Å². The molecule has 0 bridgehead atoms. The Morgan fingerprint density at radius 1 is 1.14 bits per heavy atom. The van der Waals surface area contributed by atoms with E-state index in [1.54, 1.807) is 0 Å². The summed E-state index contributed by atoms with van der Waals surface area (Å²) in [6, 6.07) is 13.9. The summed E-state index contributed by atoms with van der Waals surface area (Å²) in [7, 11) is 0. The topological polar surface area (TPSA) is 47.4 Å². The molecule has 152 valence electrons. The molecule has 3 aromatic rings. The first-order valence-corrected chi connectivity index (χ1v) is 9.78. The number of nitrogens with zero attached hydrogens (tertiary/aromatic N) is 3. The maximum absolute atomic E-state index is 13.2. The number of hydrogen-bond donors (Lipinski definition) is 0. The summed E-state index contributed by atoms with van der Waals surface area (Å²) in [5.41, 5.74) is 2.43. The highest BCUT2D eigenvalue weighted by molar-refractivity contribution is 5.94. The van der Waals surface area contributed by atoms with Crippen LogP contribution in [-0.4, -0.2) is 33.5 Å². The molecular weight excluding hydrogens is 376 g/mol. The largest absolute Gasteiger partial charge is 0.435 e. The van der Waals surface area contributed by atoms with Crippen LogP contribution in [0.2, 0.25) is 0 Å². The quantitative estimate of drug-likeness (QED) is 0.593. The molecule has 4 rings (SSSR count). The second-order valence-corrected chi connectivity index (χ2v) is 7.48. The predicted molar refractivity (Wildman–Crippen MR) is 106 cm³/mol. The molecule has 1 aromatic heterocycles. The van der Waals surface area contributed by atoms with Crippen LogP contribution >= 0.6 is 0 Å². The van der Waals surface area contributed by atoms with Gasteiger partial charge in [0.05, 0.1) is 17.1 Å². The second kappa shape index (κ2) is 7.81. The van der Waals surface area contributed by atoms with Gasteiger partial charge in [-0.3, -0.25) is 4.79 Å². The number of likely N-dealkylation sites (tertiary alicyclic amines) is 1. The van der Waals surface area contributed by atoms with Gasteiger partial charge in [-0.2, -0.15) is 8.78 Å². The molecule has 5 nitrogen and oxygen atoms in total. The zero-order valence-corrected chi connectivity index (χ0v) is 16.4. The number of rotatable bonds is 5.